The van der Waals surface area contributed by atoms with Crippen molar-refractivity contribution in [1.29, 1.82) is 0 Å². The second-order valence-corrected chi connectivity index (χ2v) is 4.14. The predicted molar refractivity (Wildman–Crippen MR) is 64.3 cm³/mol. The van der Waals surface area contributed by atoms with Crippen LogP contribution in [-0.2, 0) is 0 Å². The molecule has 0 aromatic carbocycles. The minimum absolute atomic E-state index is 0.0781. The van der Waals surface area contributed by atoms with E-state index in [4.69, 9.17) is 5.73 Å². The molecule has 2 aromatic rings. The summed E-state index contributed by atoms with van der Waals surface area (Å²) >= 11 is 0.871. The van der Waals surface area contributed by atoms with Crippen LogP contribution in [-0.4, -0.2) is 19.9 Å². The molecule has 8 nitrogen and oxygen atoms in total. The van der Waals surface area contributed by atoms with E-state index < -0.39 is 4.92 Å². The van der Waals surface area contributed by atoms with E-state index in [1.54, 1.807) is 0 Å². The van der Waals surface area contributed by atoms with Crippen LogP contribution in [0.2, 0.25) is 0 Å². The molecule has 0 spiro atoms. The zero-order valence-electron chi connectivity index (χ0n) is 8.86. The number of anilines is 1. The number of hydrogen-bond donors (Lipinski definition) is 2. The molecule has 0 amide bonds. The van der Waals surface area contributed by atoms with Gasteiger partial charge in [-0.25, -0.2) is 9.97 Å². The van der Waals surface area contributed by atoms with Gasteiger partial charge in [0.1, 0.15) is 5.82 Å². The minimum atomic E-state index is -0.574. The Kier molecular flexibility index (Phi) is 3.24. The molecule has 0 aliphatic carbocycles. The van der Waals surface area contributed by atoms with Crippen molar-refractivity contribution in [2.75, 3.05) is 5.73 Å². The van der Waals surface area contributed by atoms with Crippen molar-refractivity contribution in [2.45, 2.75) is 10.2 Å². The SMILES string of the molecule is Nc1ccc([N+](=O)[O-])c(Sc2nccc(=O)[nH]2)n1. The Morgan fingerprint density at radius 3 is 2.83 bits per heavy atom. The van der Waals surface area contributed by atoms with Crippen LogP contribution in [0.15, 0.2) is 39.4 Å². The Morgan fingerprint density at radius 1 is 1.39 bits per heavy atom. The van der Waals surface area contributed by atoms with E-state index in [9.17, 15) is 14.9 Å². The number of pyridine rings is 1. The molecule has 0 aliphatic rings. The van der Waals surface area contributed by atoms with Gasteiger partial charge in [0.05, 0.1) is 4.92 Å². The van der Waals surface area contributed by atoms with Gasteiger partial charge in [-0.2, -0.15) is 0 Å². The van der Waals surface area contributed by atoms with Gasteiger partial charge in [-0.1, -0.05) is 0 Å². The van der Waals surface area contributed by atoms with Crippen LogP contribution in [0.25, 0.3) is 0 Å². The summed E-state index contributed by atoms with van der Waals surface area (Å²) in [6.45, 7) is 0. The van der Waals surface area contributed by atoms with E-state index in [-0.39, 0.29) is 27.2 Å². The summed E-state index contributed by atoms with van der Waals surface area (Å²) in [6.07, 6.45) is 1.30. The summed E-state index contributed by atoms with van der Waals surface area (Å²) in [5, 5.41) is 11.1. The summed E-state index contributed by atoms with van der Waals surface area (Å²) < 4.78 is 0. The highest BCUT2D eigenvalue weighted by molar-refractivity contribution is 7.99. The van der Waals surface area contributed by atoms with E-state index in [1.807, 2.05) is 0 Å². The third-order valence-electron chi connectivity index (χ3n) is 1.90. The average molecular weight is 265 g/mol. The first-order valence-electron chi connectivity index (χ1n) is 4.70. The van der Waals surface area contributed by atoms with Gasteiger partial charge in [-0.05, 0) is 17.8 Å². The van der Waals surface area contributed by atoms with Gasteiger partial charge in [0.25, 0.3) is 5.56 Å². The van der Waals surface area contributed by atoms with Crippen molar-refractivity contribution in [1.82, 2.24) is 15.0 Å². The molecule has 2 rings (SSSR count). The molecule has 0 saturated carbocycles. The van der Waals surface area contributed by atoms with Gasteiger partial charge >= 0.3 is 5.69 Å². The number of nitrogen functional groups attached to an aromatic ring is 1. The summed E-state index contributed by atoms with van der Waals surface area (Å²) in [4.78, 5) is 31.5. The molecule has 0 aliphatic heterocycles. The first-order chi connectivity index (χ1) is 8.56. The van der Waals surface area contributed by atoms with Crippen LogP contribution >= 0.6 is 11.8 Å². The summed E-state index contributed by atoms with van der Waals surface area (Å²) in [5.74, 6) is 0.154. The standard InChI is InChI=1S/C9H7N5O3S/c10-6-2-1-5(14(16)17)8(12-6)18-9-11-4-3-7(15)13-9/h1-4H,(H2,10,12)(H,11,13,15). The Balaban J connectivity index is 2.42. The van der Waals surface area contributed by atoms with E-state index in [0.29, 0.717) is 0 Å². The zero-order valence-corrected chi connectivity index (χ0v) is 9.68. The summed E-state index contributed by atoms with van der Waals surface area (Å²) in [6, 6.07) is 3.83. The number of nitro groups is 1. The van der Waals surface area contributed by atoms with E-state index >= 15 is 0 Å². The maximum absolute atomic E-state index is 11.1. The lowest BCUT2D eigenvalue weighted by atomic mass is 10.4. The van der Waals surface area contributed by atoms with Crippen molar-refractivity contribution >= 4 is 23.3 Å². The highest BCUT2D eigenvalue weighted by Gasteiger charge is 2.17. The van der Waals surface area contributed by atoms with Gasteiger partial charge in [-0.15, -0.1) is 0 Å². The van der Waals surface area contributed by atoms with Crippen molar-refractivity contribution in [3.05, 3.63) is 44.9 Å². The molecule has 0 atom stereocenters. The van der Waals surface area contributed by atoms with E-state index in [1.165, 1.54) is 24.4 Å². The van der Waals surface area contributed by atoms with Crippen molar-refractivity contribution in [3.63, 3.8) is 0 Å². The zero-order chi connectivity index (χ0) is 13.1. The fourth-order valence-electron chi connectivity index (χ4n) is 1.16. The summed E-state index contributed by atoms with van der Waals surface area (Å²) in [7, 11) is 0. The highest BCUT2D eigenvalue weighted by Crippen LogP contribution is 2.31. The monoisotopic (exact) mass is 265 g/mol. The number of H-pyrrole nitrogens is 1. The van der Waals surface area contributed by atoms with Gasteiger partial charge in [0.2, 0.25) is 0 Å². The molecule has 0 saturated heterocycles. The average Bonchev–Trinajstić information content (AvgIpc) is 2.28. The lowest BCUT2D eigenvalue weighted by molar-refractivity contribution is -0.388. The van der Waals surface area contributed by atoms with Gasteiger partial charge in [0.15, 0.2) is 10.2 Å². The molecule has 18 heavy (non-hydrogen) atoms. The Hall–Kier alpha value is -2.42. The number of aromatic amines is 1. The smallest absolute Gasteiger partial charge is 0.301 e. The van der Waals surface area contributed by atoms with Crippen LogP contribution in [0.1, 0.15) is 0 Å². The molecule has 92 valence electrons. The van der Waals surface area contributed by atoms with Crippen molar-refractivity contribution in [3.8, 4) is 0 Å². The quantitative estimate of drug-likeness (QED) is 0.477. The second kappa shape index (κ2) is 4.84. The number of aromatic nitrogens is 3. The lowest BCUT2D eigenvalue weighted by Crippen LogP contribution is -2.05. The normalized spacial score (nSPS) is 10.2. The molecule has 0 bridgehead atoms. The third-order valence-corrected chi connectivity index (χ3v) is 2.79. The van der Waals surface area contributed by atoms with E-state index in [0.717, 1.165) is 11.8 Å². The molecule has 9 heteroatoms. The Labute approximate surface area is 104 Å². The van der Waals surface area contributed by atoms with Crippen LogP contribution < -0.4 is 11.3 Å². The maximum atomic E-state index is 11.1. The Bertz CT molecular complexity index is 657. The van der Waals surface area contributed by atoms with Crippen molar-refractivity contribution < 1.29 is 4.92 Å². The van der Waals surface area contributed by atoms with Gasteiger partial charge in [-0.3, -0.25) is 14.9 Å². The molecule has 2 heterocycles. The molecule has 2 aromatic heterocycles. The fourth-order valence-corrected chi connectivity index (χ4v) is 2.00. The number of nitrogens with one attached hydrogen (secondary N) is 1. The molecule has 0 unspecified atom stereocenters. The maximum Gasteiger partial charge on any atom is 0.301 e. The van der Waals surface area contributed by atoms with Gasteiger partial charge < -0.3 is 10.7 Å². The largest absolute Gasteiger partial charge is 0.384 e. The Morgan fingerprint density at radius 2 is 2.17 bits per heavy atom. The molecular formula is C9H7N5O3S. The van der Waals surface area contributed by atoms with Crippen LogP contribution in [0.3, 0.4) is 0 Å². The number of rotatable bonds is 3. The number of hydrogen-bond acceptors (Lipinski definition) is 7. The van der Waals surface area contributed by atoms with Crippen LogP contribution in [0.5, 0.6) is 0 Å². The summed E-state index contributed by atoms with van der Waals surface area (Å²) in [5.41, 5.74) is 4.93. The van der Waals surface area contributed by atoms with Gasteiger partial charge in [0, 0.05) is 18.3 Å². The number of nitrogens with two attached hydrogens (primary N) is 1. The topological polar surface area (TPSA) is 128 Å². The minimum Gasteiger partial charge on any atom is -0.384 e. The number of nitrogens with zero attached hydrogens (tertiary/aromatic N) is 3. The first-order valence-corrected chi connectivity index (χ1v) is 5.52. The molecule has 0 fully saturated rings. The second-order valence-electron chi connectivity index (χ2n) is 3.16. The lowest BCUT2D eigenvalue weighted by Gasteiger charge is -2.01. The highest BCUT2D eigenvalue weighted by atomic mass is 32.2. The van der Waals surface area contributed by atoms with E-state index in [2.05, 4.69) is 15.0 Å². The first kappa shape index (κ1) is 12.0. The molecule has 0 radical (unpaired) electrons. The van der Waals surface area contributed by atoms with Crippen molar-refractivity contribution in [2.24, 2.45) is 0 Å². The van der Waals surface area contributed by atoms with Crippen LogP contribution in [0.4, 0.5) is 11.5 Å². The predicted octanol–water partition coefficient (Wildman–Crippen LogP) is 0.806. The van der Waals surface area contributed by atoms with Crippen LogP contribution in [0, 0.1) is 10.1 Å². The third kappa shape index (κ3) is 2.63. The fraction of sp³-hybridized carbons (Fsp3) is 0. The molecule has 3 N–H and O–H groups in total. The molecular weight excluding hydrogens is 258 g/mol.